The number of nitrogens with one attached hydrogen (secondary N) is 1. The van der Waals surface area contributed by atoms with E-state index < -0.39 is 0 Å². The summed E-state index contributed by atoms with van der Waals surface area (Å²) in [6.07, 6.45) is 11.9. The highest BCUT2D eigenvalue weighted by Crippen LogP contribution is 2.25. The summed E-state index contributed by atoms with van der Waals surface area (Å²) >= 11 is 0. The molecule has 1 unspecified atom stereocenters. The lowest BCUT2D eigenvalue weighted by atomic mass is 9.85. The van der Waals surface area contributed by atoms with Crippen molar-refractivity contribution in [1.82, 2.24) is 15.1 Å². The molecule has 0 radical (unpaired) electrons. The summed E-state index contributed by atoms with van der Waals surface area (Å²) < 4.78 is 0. The van der Waals surface area contributed by atoms with Gasteiger partial charge < -0.3 is 15.1 Å². The monoisotopic (exact) mass is 513 g/mol. The standard InChI is InChI=1S/C31H51N3O3/c1-11-31(9,10)18-17-27(8)16-14-22-33(29(36)25(4)5)20-12-13-21-34(30(37)26(6)7)23-15-19-32-28(35)24(2)3/h1,27H,2,4,6,12-23H2,3,5,7-10H3,(H,32,35). The molecule has 0 fully saturated rings. The van der Waals surface area contributed by atoms with Crippen molar-refractivity contribution in [3.63, 3.8) is 0 Å². The summed E-state index contributed by atoms with van der Waals surface area (Å²) in [5.41, 5.74) is 1.42. The SMILES string of the molecule is C#CC(C)(C)CCC(C)CCCN(CCCCN(CCCNC(=O)C(=C)C)C(=O)C(=C)C)C(=O)C(=C)C. The average Bonchev–Trinajstić information content (AvgIpc) is 2.84. The molecule has 0 aromatic rings. The number of unbranched alkanes of at least 4 members (excludes halogenated alkanes) is 1. The zero-order valence-electron chi connectivity index (χ0n) is 24.4. The van der Waals surface area contributed by atoms with Crippen molar-refractivity contribution in [1.29, 1.82) is 0 Å². The molecule has 0 aliphatic carbocycles. The Kier molecular flexibility index (Phi) is 16.3. The van der Waals surface area contributed by atoms with E-state index in [4.69, 9.17) is 6.42 Å². The highest BCUT2D eigenvalue weighted by Gasteiger charge is 2.18. The van der Waals surface area contributed by atoms with Crippen LogP contribution in [0.15, 0.2) is 36.5 Å². The average molecular weight is 514 g/mol. The second-order valence-corrected chi connectivity index (χ2v) is 11.1. The van der Waals surface area contributed by atoms with Crippen LogP contribution < -0.4 is 5.32 Å². The first kappa shape index (κ1) is 34.2. The highest BCUT2D eigenvalue weighted by molar-refractivity contribution is 5.93. The van der Waals surface area contributed by atoms with Crippen LogP contribution in [-0.2, 0) is 14.4 Å². The lowest BCUT2D eigenvalue weighted by Gasteiger charge is -2.26. The first-order valence-electron chi connectivity index (χ1n) is 13.5. The van der Waals surface area contributed by atoms with Gasteiger partial charge in [0.2, 0.25) is 17.7 Å². The Balaban J connectivity index is 4.73. The molecule has 3 amide bonds. The summed E-state index contributed by atoms with van der Waals surface area (Å²) in [6, 6.07) is 0. The van der Waals surface area contributed by atoms with Crippen LogP contribution in [0.2, 0.25) is 0 Å². The molecule has 0 spiro atoms. The molecule has 1 atom stereocenters. The molecule has 37 heavy (non-hydrogen) atoms. The maximum Gasteiger partial charge on any atom is 0.248 e. The van der Waals surface area contributed by atoms with Crippen LogP contribution >= 0.6 is 0 Å². The number of rotatable bonds is 19. The van der Waals surface area contributed by atoms with E-state index in [0.29, 0.717) is 61.8 Å². The van der Waals surface area contributed by atoms with Gasteiger partial charge in [0.05, 0.1) is 0 Å². The summed E-state index contributed by atoms with van der Waals surface area (Å²) in [7, 11) is 0. The summed E-state index contributed by atoms with van der Waals surface area (Å²) in [6.45, 7) is 25.7. The van der Waals surface area contributed by atoms with E-state index in [1.807, 2.05) is 4.90 Å². The topological polar surface area (TPSA) is 69.7 Å². The molecule has 0 saturated carbocycles. The van der Waals surface area contributed by atoms with Crippen molar-refractivity contribution < 1.29 is 14.4 Å². The Labute approximate surface area is 226 Å². The molecule has 208 valence electrons. The van der Waals surface area contributed by atoms with Gasteiger partial charge in [-0.3, -0.25) is 14.4 Å². The molecule has 0 aliphatic heterocycles. The predicted octanol–water partition coefficient (Wildman–Crippen LogP) is 5.51. The van der Waals surface area contributed by atoms with E-state index in [-0.39, 0.29) is 23.1 Å². The first-order chi connectivity index (χ1) is 17.2. The molecule has 0 bridgehead atoms. The quantitative estimate of drug-likeness (QED) is 0.141. The van der Waals surface area contributed by atoms with Gasteiger partial charge in [-0.2, -0.15) is 0 Å². The smallest absolute Gasteiger partial charge is 0.248 e. The fourth-order valence-corrected chi connectivity index (χ4v) is 3.85. The normalized spacial score (nSPS) is 11.7. The lowest BCUT2D eigenvalue weighted by Crippen LogP contribution is -2.36. The third kappa shape index (κ3) is 15.1. The van der Waals surface area contributed by atoms with Crippen molar-refractivity contribution in [2.45, 2.75) is 86.5 Å². The number of carbonyl (C=O) groups is 3. The Morgan fingerprint density at radius 1 is 0.811 bits per heavy atom. The summed E-state index contributed by atoms with van der Waals surface area (Å²) in [4.78, 5) is 40.6. The van der Waals surface area contributed by atoms with Crippen LogP contribution in [0.4, 0.5) is 0 Å². The molecule has 0 aromatic heterocycles. The Hall–Kier alpha value is -2.81. The van der Waals surface area contributed by atoms with Gasteiger partial charge in [-0.05, 0) is 85.5 Å². The minimum absolute atomic E-state index is 0.00996. The van der Waals surface area contributed by atoms with E-state index in [0.717, 1.165) is 38.5 Å². The van der Waals surface area contributed by atoms with Crippen molar-refractivity contribution in [3.05, 3.63) is 36.5 Å². The van der Waals surface area contributed by atoms with Gasteiger partial charge in [-0.25, -0.2) is 0 Å². The van der Waals surface area contributed by atoms with Gasteiger partial charge in [0, 0.05) is 54.9 Å². The second-order valence-electron chi connectivity index (χ2n) is 11.1. The molecule has 0 heterocycles. The van der Waals surface area contributed by atoms with E-state index in [9.17, 15) is 14.4 Å². The maximum absolute atomic E-state index is 12.7. The minimum atomic E-state index is -0.175. The molecule has 0 aromatic carbocycles. The molecule has 0 aliphatic rings. The Morgan fingerprint density at radius 3 is 1.70 bits per heavy atom. The summed E-state index contributed by atoms with van der Waals surface area (Å²) in [5, 5.41) is 2.80. The van der Waals surface area contributed by atoms with Gasteiger partial charge in [-0.15, -0.1) is 12.3 Å². The number of carbonyl (C=O) groups excluding carboxylic acids is 3. The highest BCUT2D eigenvalue weighted by atomic mass is 16.2. The molecule has 0 rings (SSSR count). The van der Waals surface area contributed by atoms with Crippen LogP contribution in [0, 0.1) is 23.7 Å². The third-order valence-electron chi connectivity index (χ3n) is 6.47. The number of terminal acetylenes is 1. The fourth-order valence-electron chi connectivity index (χ4n) is 3.85. The van der Waals surface area contributed by atoms with Crippen molar-refractivity contribution in [3.8, 4) is 12.3 Å². The van der Waals surface area contributed by atoms with E-state index in [1.165, 1.54) is 0 Å². The number of hydrogen-bond acceptors (Lipinski definition) is 3. The van der Waals surface area contributed by atoms with Crippen LogP contribution in [0.25, 0.3) is 0 Å². The Bertz CT molecular complexity index is 850. The Morgan fingerprint density at radius 2 is 1.27 bits per heavy atom. The molecule has 0 saturated heterocycles. The molecule has 6 nitrogen and oxygen atoms in total. The van der Waals surface area contributed by atoms with Crippen molar-refractivity contribution in [2.75, 3.05) is 32.7 Å². The zero-order chi connectivity index (χ0) is 28.6. The summed E-state index contributed by atoms with van der Waals surface area (Å²) in [5.74, 6) is 3.15. The molecule has 1 N–H and O–H groups in total. The lowest BCUT2D eigenvalue weighted by molar-refractivity contribution is -0.128. The van der Waals surface area contributed by atoms with E-state index in [1.54, 1.807) is 25.7 Å². The largest absolute Gasteiger partial charge is 0.352 e. The van der Waals surface area contributed by atoms with Gasteiger partial charge >= 0.3 is 0 Å². The van der Waals surface area contributed by atoms with Crippen LogP contribution in [0.3, 0.4) is 0 Å². The second kappa shape index (κ2) is 17.6. The minimum Gasteiger partial charge on any atom is -0.352 e. The van der Waals surface area contributed by atoms with Crippen LogP contribution in [0.5, 0.6) is 0 Å². The van der Waals surface area contributed by atoms with Gasteiger partial charge in [0.25, 0.3) is 0 Å². The fraction of sp³-hybridized carbons (Fsp3) is 0.645. The molecular formula is C31H51N3O3. The predicted molar refractivity (Wildman–Crippen MR) is 155 cm³/mol. The third-order valence-corrected chi connectivity index (χ3v) is 6.47. The van der Waals surface area contributed by atoms with Gasteiger partial charge in [-0.1, -0.05) is 26.7 Å². The van der Waals surface area contributed by atoms with Crippen LogP contribution in [0.1, 0.15) is 86.5 Å². The van der Waals surface area contributed by atoms with Gasteiger partial charge in [0.1, 0.15) is 0 Å². The number of nitrogens with zero attached hydrogens (tertiary/aromatic N) is 2. The van der Waals surface area contributed by atoms with E-state index >= 15 is 0 Å². The molecule has 6 heteroatoms. The van der Waals surface area contributed by atoms with E-state index in [2.05, 4.69) is 51.7 Å². The number of hydrogen-bond donors (Lipinski definition) is 1. The van der Waals surface area contributed by atoms with Crippen molar-refractivity contribution in [2.24, 2.45) is 11.3 Å². The van der Waals surface area contributed by atoms with Gasteiger partial charge in [0.15, 0.2) is 0 Å². The molecular weight excluding hydrogens is 462 g/mol. The first-order valence-corrected chi connectivity index (χ1v) is 13.5. The van der Waals surface area contributed by atoms with Crippen LogP contribution in [-0.4, -0.2) is 60.2 Å². The maximum atomic E-state index is 12.7. The number of amides is 3. The van der Waals surface area contributed by atoms with Crippen molar-refractivity contribution >= 4 is 17.7 Å². The zero-order valence-corrected chi connectivity index (χ0v) is 24.4.